The summed E-state index contributed by atoms with van der Waals surface area (Å²) in [6.07, 6.45) is 0. The Kier molecular flexibility index (Phi) is 4.10. The van der Waals surface area contributed by atoms with Crippen molar-refractivity contribution in [1.82, 2.24) is 14.6 Å². The van der Waals surface area contributed by atoms with Crippen LogP contribution in [-0.2, 0) is 0 Å². The number of aromatic nitrogens is 3. The number of phenolic OH excluding ortho intramolecular Hbond substituents is 1. The van der Waals surface area contributed by atoms with Crippen molar-refractivity contribution in [2.45, 2.75) is 0 Å². The van der Waals surface area contributed by atoms with Crippen molar-refractivity contribution in [3.63, 3.8) is 0 Å². The van der Waals surface area contributed by atoms with Crippen molar-refractivity contribution in [1.29, 1.82) is 0 Å². The molecule has 0 atom stereocenters. The Labute approximate surface area is 171 Å². The third-order valence-electron chi connectivity index (χ3n) is 5.03. The summed E-state index contributed by atoms with van der Waals surface area (Å²) in [5.74, 6) is -0.178. The summed E-state index contributed by atoms with van der Waals surface area (Å²) in [6, 6.07) is 25.3. The van der Waals surface area contributed by atoms with E-state index in [1.54, 1.807) is 12.1 Å². The Morgan fingerprint density at radius 3 is 1.90 bits per heavy atom. The normalized spacial score (nSPS) is 11.1. The maximum absolute atomic E-state index is 13.3. The zero-order chi connectivity index (χ0) is 20.7. The van der Waals surface area contributed by atoms with E-state index < -0.39 is 5.56 Å². The van der Waals surface area contributed by atoms with Crippen LogP contribution in [0.25, 0.3) is 39.2 Å². The maximum atomic E-state index is 13.3. The third kappa shape index (κ3) is 2.82. The van der Waals surface area contributed by atoms with Gasteiger partial charge in [-0.3, -0.25) is 4.79 Å². The van der Waals surface area contributed by atoms with Crippen LogP contribution in [0.3, 0.4) is 0 Å². The molecular formula is C24H17N3O3. The summed E-state index contributed by atoms with van der Waals surface area (Å²) in [7, 11) is 0. The lowest BCUT2D eigenvalue weighted by atomic mass is 10.0. The molecule has 5 rings (SSSR count). The fraction of sp³-hybridized carbons (Fsp3) is 0. The fourth-order valence-corrected chi connectivity index (χ4v) is 3.63. The number of phenols is 1. The number of H-pyrrole nitrogens is 1. The van der Waals surface area contributed by atoms with E-state index in [4.69, 9.17) is 0 Å². The Balaban J connectivity index is 1.86. The number of benzene rings is 3. The van der Waals surface area contributed by atoms with E-state index in [9.17, 15) is 15.0 Å². The predicted molar refractivity (Wildman–Crippen MR) is 115 cm³/mol. The monoisotopic (exact) mass is 395 g/mol. The van der Waals surface area contributed by atoms with Gasteiger partial charge in [0.05, 0.1) is 5.56 Å². The molecule has 6 heteroatoms. The summed E-state index contributed by atoms with van der Waals surface area (Å²) in [6.45, 7) is 0. The van der Waals surface area contributed by atoms with E-state index in [2.05, 4.69) is 10.1 Å². The fourth-order valence-electron chi connectivity index (χ4n) is 3.63. The number of aromatic hydroxyl groups is 2. The minimum atomic E-state index is -0.452. The lowest BCUT2D eigenvalue weighted by Crippen LogP contribution is -2.17. The van der Waals surface area contributed by atoms with Crippen LogP contribution in [0.15, 0.2) is 89.7 Å². The zero-order valence-corrected chi connectivity index (χ0v) is 15.8. The van der Waals surface area contributed by atoms with Gasteiger partial charge in [-0.1, -0.05) is 72.8 Å². The van der Waals surface area contributed by atoms with Gasteiger partial charge in [-0.25, -0.2) is 0 Å². The van der Waals surface area contributed by atoms with Gasteiger partial charge < -0.3 is 15.2 Å². The molecule has 0 saturated heterocycles. The lowest BCUT2D eigenvalue weighted by molar-refractivity contribution is 0.454. The highest BCUT2D eigenvalue weighted by molar-refractivity contribution is 5.91. The average molecular weight is 395 g/mol. The first-order valence-corrected chi connectivity index (χ1v) is 9.41. The molecule has 0 unspecified atom stereocenters. The van der Waals surface area contributed by atoms with Crippen LogP contribution in [0.1, 0.15) is 0 Å². The number of hydrogen-bond acceptors (Lipinski definition) is 4. The minimum Gasteiger partial charge on any atom is -0.508 e. The topological polar surface area (TPSA) is 90.6 Å². The lowest BCUT2D eigenvalue weighted by Gasteiger charge is -2.07. The first kappa shape index (κ1) is 17.8. The van der Waals surface area contributed by atoms with Gasteiger partial charge in [-0.15, -0.1) is 0 Å². The molecule has 0 aliphatic rings. The Bertz CT molecular complexity index is 1400. The number of nitrogens with one attached hydrogen (secondary N) is 1. The molecule has 3 aromatic carbocycles. The van der Waals surface area contributed by atoms with E-state index in [-0.39, 0.29) is 17.2 Å². The van der Waals surface area contributed by atoms with Crippen molar-refractivity contribution in [3.8, 4) is 45.1 Å². The third-order valence-corrected chi connectivity index (χ3v) is 5.03. The highest BCUT2D eigenvalue weighted by Crippen LogP contribution is 2.35. The van der Waals surface area contributed by atoms with Crippen LogP contribution in [-0.4, -0.2) is 24.8 Å². The number of fused-ring (bicyclic) bond motifs is 1. The van der Waals surface area contributed by atoms with E-state index in [0.29, 0.717) is 16.9 Å². The van der Waals surface area contributed by atoms with Gasteiger partial charge in [0.1, 0.15) is 22.7 Å². The summed E-state index contributed by atoms with van der Waals surface area (Å²) in [5, 5.41) is 24.9. The van der Waals surface area contributed by atoms with E-state index in [0.717, 1.165) is 16.7 Å². The van der Waals surface area contributed by atoms with Crippen LogP contribution in [0.2, 0.25) is 0 Å². The Morgan fingerprint density at radius 2 is 1.27 bits per heavy atom. The second-order valence-corrected chi connectivity index (χ2v) is 6.92. The van der Waals surface area contributed by atoms with Crippen LogP contribution in [0.4, 0.5) is 0 Å². The molecule has 0 saturated carbocycles. The van der Waals surface area contributed by atoms with E-state index in [1.807, 2.05) is 60.7 Å². The molecule has 2 heterocycles. The van der Waals surface area contributed by atoms with Crippen molar-refractivity contribution in [3.05, 3.63) is 95.3 Å². The largest absolute Gasteiger partial charge is 0.508 e. The van der Waals surface area contributed by atoms with Gasteiger partial charge in [0.15, 0.2) is 0 Å². The van der Waals surface area contributed by atoms with Gasteiger partial charge in [0, 0.05) is 5.56 Å². The molecule has 0 bridgehead atoms. The minimum absolute atomic E-state index is 0.0764. The quantitative estimate of drug-likeness (QED) is 0.421. The van der Waals surface area contributed by atoms with Crippen LogP contribution < -0.4 is 5.56 Å². The summed E-state index contributed by atoms with van der Waals surface area (Å²) >= 11 is 0. The molecule has 2 aromatic heterocycles. The van der Waals surface area contributed by atoms with E-state index in [1.165, 1.54) is 16.6 Å². The molecule has 0 spiro atoms. The van der Waals surface area contributed by atoms with Crippen molar-refractivity contribution < 1.29 is 10.2 Å². The number of aromatic amines is 1. The average Bonchev–Trinajstić information content (AvgIpc) is 3.16. The molecule has 5 aromatic rings. The second kappa shape index (κ2) is 6.93. The second-order valence-electron chi connectivity index (χ2n) is 6.92. The summed E-state index contributed by atoms with van der Waals surface area (Å²) < 4.78 is 1.28. The van der Waals surface area contributed by atoms with Gasteiger partial charge in [0.2, 0.25) is 5.88 Å². The molecule has 0 fully saturated rings. The van der Waals surface area contributed by atoms with Gasteiger partial charge >= 0.3 is 0 Å². The number of rotatable bonds is 3. The van der Waals surface area contributed by atoms with Crippen molar-refractivity contribution >= 4 is 5.65 Å². The molecule has 0 radical (unpaired) electrons. The summed E-state index contributed by atoms with van der Waals surface area (Å²) in [4.78, 5) is 16.3. The molecule has 0 amide bonds. The SMILES string of the molecule is O=c1c(-c2ccc(O)cc2)c(O)[nH]c2c(-c3ccccc3)c(-c3ccccc3)nn12. The Hall–Kier alpha value is -4.32. The molecule has 3 N–H and O–H groups in total. The predicted octanol–water partition coefficient (Wildman–Crippen LogP) is 4.43. The molecule has 0 aliphatic heterocycles. The zero-order valence-electron chi connectivity index (χ0n) is 15.8. The van der Waals surface area contributed by atoms with Crippen LogP contribution in [0.5, 0.6) is 11.6 Å². The first-order valence-electron chi connectivity index (χ1n) is 9.41. The summed E-state index contributed by atoms with van der Waals surface area (Å²) in [5.41, 5.74) is 3.62. The first-order chi connectivity index (χ1) is 14.6. The van der Waals surface area contributed by atoms with Crippen LogP contribution >= 0.6 is 0 Å². The number of hydrogen-bond donors (Lipinski definition) is 3. The van der Waals surface area contributed by atoms with Gasteiger partial charge in [-0.05, 0) is 23.3 Å². The smallest absolute Gasteiger partial charge is 0.286 e. The molecule has 146 valence electrons. The Morgan fingerprint density at radius 1 is 0.700 bits per heavy atom. The van der Waals surface area contributed by atoms with Crippen molar-refractivity contribution in [2.24, 2.45) is 0 Å². The van der Waals surface area contributed by atoms with Crippen molar-refractivity contribution in [2.75, 3.05) is 0 Å². The molecule has 30 heavy (non-hydrogen) atoms. The molecule has 0 aliphatic carbocycles. The molecule has 6 nitrogen and oxygen atoms in total. The maximum Gasteiger partial charge on any atom is 0.286 e. The number of nitrogens with zero attached hydrogens (tertiary/aromatic N) is 2. The van der Waals surface area contributed by atoms with Crippen LogP contribution in [0, 0.1) is 0 Å². The molecular weight excluding hydrogens is 378 g/mol. The standard InChI is InChI=1S/C24H17N3O3/c28-18-13-11-16(12-14-18)20-23(29)25-22-19(15-7-3-1-4-8-15)21(26-27(22)24(20)30)17-9-5-2-6-10-17/h1-14,25,28-29H. The van der Waals surface area contributed by atoms with Gasteiger partial charge in [-0.2, -0.15) is 9.61 Å². The highest BCUT2D eigenvalue weighted by Gasteiger charge is 2.22. The van der Waals surface area contributed by atoms with E-state index >= 15 is 0 Å². The van der Waals surface area contributed by atoms with Gasteiger partial charge in [0.25, 0.3) is 5.56 Å². The highest BCUT2D eigenvalue weighted by atomic mass is 16.3.